The third kappa shape index (κ3) is 2.31. The number of hydrogen-bond acceptors (Lipinski definition) is 2. The molecular formula is C10H17KO4. The van der Waals surface area contributed by atoms with Gasteiger partial charge in [0.25, 0.3) is 0 Å². The second-order valence-corrected chi connectivity index (χ2v) is 4.79. The Morgan fingerprint density at radius 3 is 1.93 bits per heavy atom. The van der Waals surface area contributed by atoms with Crippen LogP contribution in [0.4, 0.5) is 0 Å². The molecule has 2 unspecified atom stereocenters. The number of hydrogen-bond donors (Lipinski definition) is 2. The van der Waals surface area contributed by atoms with E-state index in [1.165, 1.54) is 0 Å². The molecule has 1 fully saturated rings. The zero-order valence-electron chi connectivity index (χ0n) is 10.7. The van der Waals surface area contributed by atoms with Crippen molar-refractivity contribution < 1.29 is 72.6 Å². The minimum absolute atomic E-state index is 0. The Morgan fingerprint density at radius 1 is 1.27 bits per heavy atom. The van der Waals surface area contributed by atoms with Gasteiger partial charge >= 0.3 is 63.3 Å². The summed E-state index contributed by atoms with van der Waals surface area (Å²) in [6.07, 6.45) is 0.886. The zero-order valence-corrected chi connectivity index (χ0v) is 12.8. The van der Waals surface area contributed by atoms with Crippen LogP contribution in [0.5, 0.6) is 0 Å². The Hall–Kier alpha value is 0.576. The molecule has 2 N–H and O–H groups in total. The molecule has 0 aliphatic heterocycles. The van der Waals surface area contributed by atoms with Crippen molar-refractivity contribution in [3.8, 4) is 0 Å². The van der Waals surface area contributed by atoms with E-state index < -0.39 is 28.7 Å². The largest absolute Gasteiger partial charge is 1.00 e. The van der Waals surface area contributed by atoms with Gasteiger partial charge in [-0.25, -0.2) is 0 Å². The molecule has 1 saturated carbocycles. The molecule has 0 radical (unpaired) electrons. The van der Waals surface area contributed by atoms with E-state index in [0.717, 1.165) is 0 Å². The van der Waals surface area contributed by atoms with Gasteiger partial charge in [-0.3, -0.25) is 9.59 Å². The first-order valence-electron chi connectivity index (χ1n) is 4.69. The second-order valence-electron chi connectivity index (χ2n) is 4.79. The van der Waals surface area contributed by atoms with Gasteiger partial charge in [-0.2, -0.15) is 0 Å². The first-order valence-corrected chi connectivity index (χ1v) is 4.69. The molecule has 0 amide bonds. The van der Waals surface area contributed by atoms with Crippen LogP contribution in [0.2, 0.25) is 0 Å². The third-order valence-electron chi connectivity index (χ3n) is 4.00. The smallest absolute Gasteiger partial charge is 1.00 e. The van der Waals surface area contributed by atoms with Gasteiger partial charge in [0.15, 0.2) is 0 Å². The average molecular weight is 240 g/mol. The predicted molar refractivity (Wildman–Crippen MR) is 51.0 cm³/mol. The Labute approximate surface area is 133 Å². The van der Waals surface area contributed by atoms with E-state index in [9.17, 15) is 9.59 Å². The number of carboxylic acid groups (broad SMARTS) is 2. The van der Waals surface area contributed by atoms with Crippen molar-refractivity contribution in [3.63, 3.8) is 0 Å². The molecule has 0 heterocycles. The molecule has 1 aliphatic rings. The van der Waals surface area contributed by atoms with Gasteiger partial charge in [-0.05, 0) is 25.2 Å². The van der Waals surface area contributed by atoms with E-state index in [1.807, 2.05) is 0 Å². The van der Waals surface area contributed by atoms with E-state index in [1.54, 1.807) is 20.8 Å². The van der Waals surface area contributed by atoms with E-state index in [4.69, 9.17) is 10.2 Å². The fraction of sp³-hybridized carbons (Fsp3) is 0.800. The van der Waals surface area contributed by atoms with Crippen molar-refractivity contribution in [2.45, 2.75) is 33.6 Å². The summed E-state index contributed by atoms with van der Waals surface area (Å²) in [5.74, 6) is -2.34. The van der Waals surface area contributed by atoms with Crippen LogP contribution in [0.15, 0.2) is 0 Å². The molecule has 4 nitrogen and oxygen atoms in total. The van der Waals surface area contributed by atoms with Crippen LogP contribution in [-0.2, 0) is 9.59 Å². The van der Waals surface area contributed by atoms with Gasteiger partial charge in [-0.15, -0.1) is 0 Å². The van der Waals surface area contributed by atoms with Crippen LogP contribution in [-0.4, -0.2) is 22.2 Å². The maximum atomic E-state index is 11.1. The van der Waals surface area contributed by atoms with Gasteiger partial charge in [0.1, 0.15) is 0 Å². The number of aliphatic carboxylic acids is 2. The maximum absolute atomic E-state index is 11.1. The predicted octanol–water partition coefficient (Wildman–Crippen LogP) is -1.29. The molecule has 1 rings (SSSR count). The molecular weight excluding hydrogens is 223 g/mol. The standard InChI is InChI=1S/C10H16O4.K.H/c1-9(2)6(7(11)12)4-5-10(9,3)8(13)14;;/h6H,4-5H2,1-3H3,(H,11,12)(H,13,14);;/q;+1;-1. The summed E-state index contributed by atoms with van der Waals surface area (Å²) in [4.78, 5) is 22.0. The SMILES string of the molecule is CC1(C(=O)O)CCC(C(=O)O)C1(C)C.[H-].[K+]. The fourth-order valence-electron chi connectivity index (χ4n) is 2.32. The van der Waals surface area contributed by atoms with Gasteiger partial charge in [-0.1, -0.05) is 13.8 Å². The summed E-state index contributed by atoms with van der Waals surface area (Å²) in [6, 6.07) is 0. The van der Waals surface area contributed by atoms with Crippen LogP contribution in [0, 0.1) is 16.7 Å². The van der Waals surface area contributed by atoms with Crippen molar-refractivity contribution in [1.82, 2.24) is 0 Å². The summed E-state index contributed by atoms with van der Waals surface area (Å²) in [5.41, 5.74) is -1.61. The van der Waals surface area contributed by atoms with Crippen LogP contribution >= 0.6 is 0 Å². The Morgan fingerprint density at radius 2 is 1.73 bits per heavy atom. The van der Waals surface area contributed by atoms with Crippen molar-refractivity contribution in [2.75, 3.05) is 0 Å². The summed E-state index contributed by atoms with van der Waals surface area (Å²) in [5, 5.41) is 18.1. The van der Waals surface area contributed by atoms with E-state index in [2.05, 4.69) is 0 Å². The molecule has 0 spiro atoms. The van der Waals surface area contributed by atoms with Crippen LogP contribution in [0.25, 0.3) is 0 Å². The van der Waals surface area contributed by atoms with Crippen LogP contribution in [0.3, 0.4) is 0 Å². The van der Waals surface area contributed by atoms with Crippen LogP contribution < -0.4 is 51.4 Å². The molecule has 5 heteroatoms. The molecule has 0 aromatic rings. The molecule has 0 aromatic heterocycles. The summed E-state index contributed by atoms with van der Waals surface area (Å²) in [7, 11) is 0. The van der Waals surface area contributed by atoms with Crippen molar-refractivity contribution in [1.29, 1.82) is 0 Å². The normalized spacial score (nSPS) is 33.1. The molecule has 0 saturated heterocycles. The van der Waals surface area contributed by atoms with Crippen LogP contribution in [0.1, 0.15) is 35.0 Å². The van der Waals surface area contributed by atoms with E-state index in [0.29, 0.717) is 12.8 Å². The minimum Gasteiger partial charge on any atom is -1.00 e. The van der Waals surface area contributed by atoms with E-state index in [-0.39, 0.29) is 52.8 Å². The molecule has 15 heavy (non-hydrogen) atoms. The fourth-order valence-corrected chi connectivity index (χ4v) is 2.32. The monoisotopic (exact) mass is 240 g/mol. The third-order valence-corrected chi connectivity index (χ3v) is 4.00. The molecule has 82 valence electrons. The van der Waals surface area contributed by atoms with Gasteiger partial charge in [0, 0.05) is 0 Å². The first kappa shape index (κ1) is 15.6. The molecule has 1 aliphatic carbocycles. The molecule has 2 atom stereocenters. The Kier molecular flexibility index (Phi) is 5.02. The van der Waals surface area contributed by atoms with Gasteiger partial charge in [0.2, 0.25) is 0 Å². The van der Waals surface area contributed by atoms with Crippen molar-refractivity contribution in [2.24, 2.45) is 16.7 Å². The molecule has 0 aromatic carbocycles. The average Bonchev–Trinajstić information content (AvgIpc) is 2.24. The van der Waals surface area contributed by atoms with Gasteiger partial charge in [0.05, 0.1) is 11.3 Å². The molecule has 0 bridgehead atoms. The van der Waals surface area contributed by atoms with Gasteiger partial charge < -0.3 is 11.6 Å². The first-order chi connectivity index (χ1) is 6.23. The summed E-state index contributed by atoms with van der Waals surface area (Å²) >= 11 is 0. The van der Waals surface area contributed by atoms with Crippen molar-refractivity contribution >= 4 is 11.9 Å². The van der Waals surface area contributed by atoms with Crippen molar-refractivity contribution in [3.05, 3.63) is 0 Å². The number of rotatable bonds is 2. The zero-order chi connectivity index (χ0) is 11.1. The Bertz CT molecular complexity index is 293. The second kappa shape index (κ2) is 4.83. The Balaban J connectivity index is 0. The number of carboxylic acids is 2. The number of carbonyl (C=O) groups is 2. The summed E-state index contributed by atoms with van der Waals surface area (Å²) < 4.78 is 0. The minimum atomic E-state index is -0.921. The van der Waals surface area contributed by atoms with E-state index >= 15 is 0 Å². The summed E-state index contributed by atoms with van der Waals surface area (Å²) in [6.45, 7) is 5.10. The maximum Gasteiger partial charge on any atom is 1.00 e. The quantitative estimate of drug-likeness (QED) is 0.589. The topological polar surface area (TPSA) is 74.6 Å².